The Kier molecular flexibility index (Phi) is 2.82. The summed E-state index contributed by atoms with van der Waals surface area (Å²) in [6, 6.07) is 4.01. The largest absolute Gasteiger partial charge is 0.383 e. The average molecular weight is 206 g/mol. The molecule has 80 valence electrons. The van der Waals surface area contributed by atoms with E-state index >= 15 is 0 Å². The van der Waals surface area contributed by atoms with Gasteiger partial charge in [-0.1, -0.05) is 0 Å². The van der Waals surface area contributed by atoms with Crippen molar-refractivity contribution in [2.24, 2.45) is 0 Å². The Labute approximate surface area is 88.1 Å². The molecule has 0 radical (unpaired) electrons. The highest BCUT2D eigenvalue weighted by molar-refractivity contribution is 5.45. The summed E-state index contributed by atoms with van der Waals surface area (Å²) in [5, 5.41) is 7.32. The van der Waals surface area contributed by atoms with Gasteiger partial charge in [-0.3, -0.25) is 0 Å². The SMILES string of the molecule is COCC(C)Nc1ccn2nccc2n1. The maximum atomic E-state index is 5.04. The third kappa shape index (κ3) is 2.24. The van der Waals surface area contributed by atoms with Crippen LogP contribution in [0.2, 0.25) is 0 Å². The number of rotatable bonds is 4. The molecule has 1 atom stereocenters. The van der Waals surface area contributed by atoms with Crippen molar-refractivity contribution in [2.75, 3.05) is 19.0 Å². The van der Waals surface area contributed by atoms with Crippen LogP contribution in [0.25, 0.3) is 5.65 Å². The van der Waals surface area contributed by atoms with Crippen molar-refractivity contribution in [1.82, 2.24) is 14.6 Å². The first-order valence-electron chi connectivity index (χ1n) is 4.85. The number of nitrogens with zero attached hydrogens (tertiary/aromatic N) is 3. The molecule has 1 N–H and O–H groups in total. The van der Waals surface area contributed by atoms with Gasteiger partial charge < -0.3 is 10.1 Å². The highest BCUT2D eigenvalue weighted by atomic mass is 16.5. The summed E-state index contributed by atoms with van der Waals surface area (Å²) in [7, 11) is 1.69. The van der Waals surface area contributed by atoms with Crippen molar-refractivity contribution >= 4 is 11.5 Å². The van der Waals surface area contributed by atoms with Crippen molar-refractivity contribution in [3.63, 3.8) is 0 Å². The number of aromatic nitrogens is 3. The van der Waals surface area contributed by atoms with E-state index in [4.69, 9.17) is 4.74 Å². The molecule has 2 aromatic rings. The first kappa shape index (κ1) is 9.92. The lowest BCUT2D eigenvalue weighted by atomic mass is 10.3. The van der Waals surface area contributed by atoms with Crippen LogP contribution in [0.5, 0.6) is 0 Å². The molecule has 0 spiro atoms. The molecule has 0 aliphatic rings. The Morgan fingerprint density at radius 1 is 1.53 bits per heavy atom. The number of fused-ring (bicyclic) bond motifs is 1. The molecular weight excluding hydrogens is 192 g/mol. The summed E-state index contributed by atoms with van der Waals surface area (Å²) in [6.07, 6.45) is 3.61. The van der Waals surface area contributed by atoms with Gasteiger partial charge in [-0.2, -0.15) is 5.10 Å². The van der Waals surface area contributed by atoms with Crippen LogP contribution in [0, 0.1) is 0 Å². The molecular formula is C10H14N4O. The summed E-state index contributed by atoms with van der Waals surface area (Å²) in [6.45, 7) is 2.71. The van der Waals surface area contributed by atoms with Crippen LogP contribution >= 0.6 is 0 Å². The fourth-order valence-corrected chi connectivity index (χ4v) is 1.44. The zero-order valence-electron chi connectivity index (χ0n) is 8.84. The average Bonchev–Trinajstić information content (AvgIpc) is 2.65. The minimum Gasteiger partial charge on any atom is -0.383 e. The predicted octanol–water partition coefficient (Wildman–Crippen LogP) is 1.18. The first-order valence-corrected chi connectivity index (χ1v) is 4.85. The maximum Gasteiger partial charge on any atom is 0.157 e. The van der Waals surface area contributed by atoms with Crippen LogP contribution < -0.4 is 5.32 Å². The number of hydrogen-bond acceptors (Lipinski definition) is 4. The minimum absolute atomic E-state index is 0.243. The van der Waals surface area contributed by atoms with E-state index in [-0.39, 0.29) is 6.04 Å². The number of anilines is 1. The second-order valence-corrected chi connectivity index (χ2v) is 3.45. The topological polar surface area (TPSA) is 51.5 Å². The normalized spacial score (nSPS) is 12.9. The molecule has 2 rings (SSSR count). The summed E-state index contributed by atoms with van der Waals surface area (Å²) < 4.78 is 6.77. The monoisotopic (exact) mass is 206 g/mol. The molecule has 0 saturated heterocycles. The quantitative estimate of drug-likeness (QED) is 0.816. The van der Waals surface area contributed by atoms with Crippen molar-refractivity contribution in [1.29, 1.82) is 0 Å². The van der Waals surface area contributed by atoms with Crippen LogP contribution in [0.15, 0.2) is 24.5 Å². The van der Waals surface area contributed by atoms with Crippen molar-refractivity contribution < 1.29 is 4.74 Å². The van der Waals surface area contributed by atoms with Gasteiger partial charge in [-0.25, -0.2) is 9.50 Å². The Hall–Kier alpha value is -1.62. The van der Waals surface area contributed by atoms with Gasteiger partial charge in [0, 0.05) is 25.4 Å². The lowest BCUT2D eigenvalue weighted by Gasteiger charge is -2.12. The summed E-state index contributed by atoms with van der Waals surface area (Å²) >= 11 is 0. The second kappa shape index (κ2) is 4.27. The minimum atomic E-state index is 0.243. The Balaban J connectivity index is 2.14. The standard InChI is InChI=1S/C10H14N4O/c1-8(7-15-2)12-9-4-6-14-10(13-9)3-5-11-14/h3-6,8H,7H2,1-2H3,(H,12,13). The summed E-state index contributed by atoms with van der Waals surface area (Å²) in [5.74, 6) is 0.840. The molecule has 0 aliphatic heterocycles. The van der Waals surface area contributed by atoms with Gasteiger partial charge in [-0.15, -0.1) is 0 Å². The Morgan fingerprint density at radius 2 is 2.40 bits per heavy atom. The molecule has 0 amide bonds. The van der Waals surface area contributed by atoms with Crippen LogP contribution in [0.4, 0.5) is 5.82 Å². The Morgan fingerprint density at radius 3 is 3.20 bits per heavy atom. The van der Waals surface area contributed by atoms with E-state index in [1.807, 2.05) is 25.3 Å². The van der Waals surface area contributed by atoms with Gasteiger partial charge in [0.15, 0.2) is 5.65 Å². The number of ether oxygens (including phenoxy) is 1. The molecule has 0 aliphatic carbocycles. The van der Waals surface area contributed by atoms with E-state index < -0.39 is 0 Å². The van der Waals surface area contributed by atoms with E-state index in [1.165, 1.54) is 0 Å². The van der Waals surface area contributed by atoms with E-state index in [2.05, 4.69) is 15.4 Å². The molecule has 2 aromatic heterocycles. The van der Waals surface area contributed by atoms with Crippen molar-refractivity contribution in [3.05, 3.63) is 24.5 Å². The third-order valence-electron chi connectivity index (χ3n) is 2.07. The fraction of sp³-hybridized carbons (Fsp3) is 0.400. The molecule has 0 saturated carbocycles. The molecule has 2 heterocycles. The van der Waals surface area contributed by atoms with Gasteiger partial charge >= 0.3 is 0 Å². The number of methoxy groups -OCH3 is 1. The number of nitrogens with one attached hydrogen (secondary N) is 1. The lowest BCUT2D eigenvalue weighted by molar-refractivity contribution is 0.190. The van der Waals surface area contributed by atoms with E-state index in [9.17, 15) is 0 Å². The van der Waals surface area contributed by atoms with Crippen LogP contribution in [0.1, 0.15) is 6.92 Å². The van der Waals surface area contributed by atoms with Gasteiger partial charge in [0.25, 0.3) is 0 Å². The summed E-state index contributed by atoms with van der Waals surface area (Å²) in [5.41, 5.74) is 0.838. The fourth-order valence-electron chi connectivity index (χ4n) is 1.44. The molecule has 0 fully saturated rings. The van der Waals surface area contributed by atoms with E-state index in [0.29, 0.717) is 6.61 Å². The van der Waals surface area contributed by atoms with Gasteiger partial charge in [0.2, 0.25) is 0 Å². The van der Waals surface area contributed by atoms with Gasteiger partial charge in [0.1, 0.15) is 5.82 Å². The Bertz CT molecular complexity index is 440. The highest BCUT2D eigenvalue weighted by Crippen LogP contribution is 2.07. The van der Waals surface area contributed by atoms with Crippen LogP contribution in [-0.4, -0.2) is 34.4 Å². The predicted molar refractivity (Wildman–Crippen MR) is 57.9 cm³/mol. The third-order valence-corrected chi connectivity index (χ3v) is 2.07. The number of hydrogen-bond donors (Lipinski definition) is 1. The van der Waals surface area contributed by atoms with E-state index in [0.717, 1.165) is 11.5 Å². The van der Waals surface area contributed by atoms with Crippen molar-refractivity contribution in [2.45, 2.75) is 13.0 Å². The molecule has 5 nitrogen and oxygen atoms in total. The van der Waals surface area contributed by atoms with E-state index in [1.54, 1.807) is 17.8 Å². The molecule has 0 bridgehead atoms. The second-order valence-electron chi connectivity index (χ2n) is 3.45. The maximum absolute atomic E-state index is 5.04. The van der Waals surface area contributed by atoms with Crippen LogP contribution in [0.3, 0.4) is 0 Å². The zero-order chi connectivity index (χ0) is 10.7. The first-order chi connectivity index (χ1) is 7.29. The van der Waals surface area contributed by atoms with Crippen LogP contribution in [-0.2, 0) is 4.74 Å². The molecule has 0 aromatic carbocycles. The smallest absolute Gasteiger partial charge is 0.157 e. The molecule has 1 unspecified atom stereocenters. The molecule has 5 heteroatoms. The molecule has 15 heavy (non-hydrogen) atoms. The zero-order valence-corrected chi connectivity index (χ0v) is 8.84. The summed E-state index contributed by atoms with van der Waals surface area (Å²) in [4.78, 5) is 4.39. The van der Waals surface area contributed by atoms with Gasteiger partial charge in [0.05, 0.1) is 12.8 Å². The lowest BCUT2D eigenvalue weighted by Crippen LogP contribution is -2.21. The van der Waals surface area contributed by atoms with Gasteiger partial charge in [-0.05, 0) is 13.0 Å². The van der Waals surface area contributed by atoms with Crippen molar-refractivity contribution in [3.8, 4) is 0 Å². The highest BCUT2D eigenvalue weighted by Gasteiger charge is 2.03.